The quantitative estimate of drug-likeness (QED) is 0.671. The van der Waals surface area contributed by atoms with E-state index in [0.717, 1.165) is 18.5 Å². The van der Waals surface area contributed by atoms with E-state index in [4.69, 9.17) is 16.3 Å². The molecule has 0 N–H and O–H groups in total. The summed E-state index contributed by atoms with van der Waals surface area (Å²) >= 11 is 5.87. The van der Waals surface area contributed by atoms with Gasteiger partial charge < -0.3 is 9.64 Å². The average Bonchev–Trinajstić information content (AvgIpc) is 3.24. The van der Waals surface area contributed by atoms with Crippen LogP contribution in [0.3, 0.4) is 0 Å². The fourth-order valence-electron chi connectivity index (χ4n) is 3.18. The number of ether oxygens (including phenoxy) is 1. The largest absolute Gasteiger partial charge is 0.472 e. The van der Waals surface area contributed by atoms with Gasteiger partial charge in [-0.3, -0.25) is 4.79 Å². The zero-order chi connectivity index (χ0) is 19.5. The summed E-state index contributed by atoms with van der Waals surface area (Å²) in [7, 11) is 0. The van der Waals surface area contributed by atoms with E-state index in [0.29, 0.717) is 35.4 Å². The Balaban J connectivity index is 1.53. The molecule has 1 atom stereocenters. The molecule has 4 heterocycles. The smallest absolute Gasteiger partial charge is 0.257 e. The molecule has 0 radical (unpaired) electrons. The van der Waals surface area contributed by atoms with Gasteiger partial charge in [0, 0.05) is 24.5 Å². The predicted molar refractivity (Wildman–Crippen MR) is 103 cm³/mol. The van der Waals surface area contributed by atoms with Gasteiger partial charge >= 0.3 is 0 Å². The molecule has 0 spiro atoms. The van der Waals surface area contributed by atoms with Crippen LogP contribution in [-0.2, 0) is 0 Å². The van der Waals surface area contributed by atoms with Gasteiger partial charge in [-0.25, -0.2) is 9.97 Å². The summed E-state index contributed by atoms with van der Waals surface area (Å²) in [6.45, 7) is 3.00. The van der Waals surface area contributed by atoms with Crippen molar-refractivity contribution >= 4 is 17.5 Å². The van der Waals surface area contributed by atoms with Crippen LogP contribution < -0.4 is 4.74 Å². The molecule has 1 aliphatic rings. The molecule has 1 unspecified atom stereocenters. The van der Waals surface area contributed by atoms with Crippen LogP contribution in [0.2, 0.25) is 5.02 Å². The number of hydrogen-bond donors (Lipinski definition) is 0. The molecule has 3 aromatic rings. The van der Waals surface area contributed by atoms with E-state index in [1.54, 1.807) is 41.7 Å². The number of nitrogens with zero attached hydrogens (tertiary/aromatic N) is 6. The summed E-state index contributed by atoms with van der Waals surface area (Å²) in [5.41, 5.74) is 1.25. The highest BCUT2D eigenvalue weighted by molar-refractivity contribution is 6.30. The normalized spacial score (nSPS) is 16.8. The minimum absolute atomic E-state index is 0.114. The highest BCUT2D eigenvalue weighted by Crippen LogP contribution is 2.21. The average molecular weight is 399 g/mol. The van der Waals surface area contributed by atoms with Crippen LogP contribution in [0.5, 0.6) is 5.88 Å². The standard InChI is InChI=1S/C19H19ClN6O2/c1-13-4-6-16(18(24-13)26-22-8-9-23-26)19(27)25-10-2-3-15(12-25)28-17-7-5-14(20)11-21-17/h4-9,11,15H,2-3,10,12H2,1H3. The van der Waals surface area contributed by atoms with E-state index >= 15 is 0 Å². The Labute approximate surface area is 167 Å². The molecule has 0 bridgehead atoms. The van der Waals surface area contributed by atoms with Crippen LogP contribution in [0.4, 0.5) is 0 Å². The topological polar surface area (TPSA) is 86.0 Å². The molecule has 1 amide bonds. The Morgan fingerprint density at radius 1 is 1.21 bits per heavy atom. The molecule has 0 saturated carbocycles. The van der Waals surface area contributed by atoms with E-state index in [1.807, 2.05) is 13.0 Å². The maximum absolute atomic E-state index is 13.2. The number of amides is 1. The Morgan fingerprint density at radius 3 is 2.79 bits per heavy atom. The van der Waals surface area contributed by atoms with E-state index in [2.05, 4.69) is 20.2 Å². The second-order valence-corrected chi connectivity index (χ2v) is 7.03. The van der Waals surface area contributed by atoms with Crippen molar-refractivity contribution in [1.82, 2.24) is 29.9 Å². The highest BCUT2D eigenvalue weighted by Gasteiger charge is 2.28. The van der Waals surface area contributed by atoms with Crippen molar-refractivity contribution in [3.05, 3.63) is 59.1 Å². The molecule has 4 rings (SSSR count). The molecule has 1 saturated heterocycles. The molecule has 1 aliphatic heterocycles. The minimum Gasteiger partial charge on any atom is -0.472 e. The lowest BCUT2D eigenvalue weighted by atomic mass is 10.1. The van der Waals surface area contributed by atoms with Crippen molar-refractivity contribution in [2.24, 2.45) is 0 Å². The monoisotopic (exact) mass is 398 g/mol. The molecule has 1 fully saturated rings. The third kappa shape index (κ3) is 3.96. The number of halogens is 1. The summed E-state index contributed by atoms with van der Waals surface area (Å²) < 4.78 is 5.94. The van der Waals surface area contributed by atoms with Gasteiger partial charge in [-0.2, -0.15) is 10.2 Å². The fraction of sp³-hybridized carbons (Fsp3) is 0.316. The highest BCUT2D eigenvalue weighted by atomic mass is 35.5. The van der Waals surface area contributed by atoms with Crippen LogP contribution in [-0.4, -0.2) is 55.0 Å². The number of pyridine rings is 2. The summed E-state index contributed by atoms with van der Waals surface area (Å²) in [5.74, 6) is 0.816. The molecule has 28 heavy (non-hydrogen) atoms. The molecule has 0 aromatic carbocycles. The number of aromatic nitrogens is 5. The number of carbonyl (C=O) groups excluding carboxylic acids is 1. The van der Waals surface area contributed by atoms with Crippen LogP contribution >= 0.6 is 11.6 Å². The first kappa shape index (κ1) is 18.4. The molecule has 9 heteroatoms. The SMILES string of the molecule is Cc1ccc(C(=O)N2CCCC(Oc3ccc(Cl)cn3)C2)c(-n2nccn2)n1. The van der Waals surface area contributed by atoms with Gasteiger partial charge in [-0.05, 0) is 38.0 Å². The Morgan fingerprint density at radius 2 is 2.04 bits per heavy atom. The molecule has 3 aromatic heterocycles. The predicted octanol–water partition coefficient (Wildman–Crippen LogP) is 2.70. The summed E-state index contributed by atoms with van der Waals surface area (Å²) in [4.78, 5) is 25.0. The molecule has 8 nitrogen and oxygen atoms in total. The van der Waals surface area contributed by atoms with Gasteiger partial charge in [0.1, 0.15) is 6.10 Å². The van der Waals surface area contributed by atoms with Gasteiger partial charge in [-0.15, -0.1) is 4.80 Å². The fourth-order valence-corrected chi connectivity index (χ4v) is 3.29. The van der Waals surface area contributed by atoms with Crippen molar-refractivity contribution in [2.45, 2.75) is 25.9 Å². The van der Waals surface area contributed by atoms with E-state index < -0.39 is 0 Å². The first-order chi connectivity index (χ1) is 13.6. The van der Waals surface area contributed by atoms with Gasteiger partial charge in [0.05, 0.1) is 29.5 Å². The molecular formula is C19H19ClN6O2. The van der Waals surface area contributed by atoms with Crippen LogP contribution in [0.1, 0.15) is 28.9 Å². The Hall–Kier alpha value is -3.00. The number of aryl methyl sites for hydroxylation is 1. The first-order valence-electron chi connectivity index (χ1n) is 9.02. The Kier molecular flexibility index (Phi) is 5.21. The first-order valence-corrected chi connectivity index (χ1v) is 9.40. The van der Waals surface area contributed by atoms with Gasteiger partial charge in [0.2, 0.25) is 5.88 Å². The number of rotatable bonds is 4. The van der Waals surface area contributed by atoms with E-state index in [9.17, 15) is 4.79 Å². The van der Waals surface area contributed by atoms with Crippen molar-refractivity contribution < 1.29 is 9.53 Å². The maximum Gasteiger partial charge on any atom is 0.257 e. The number of likely N-dealkylation sites (tertiary alicyclic amines) is 1. The lowest BCUT2D eigenvalue weighted by Crippen LogP contribution is -2.44. The number of carbonyl (C=O) groups is 1. The summed E-state index contributed by atoms with van der Waals surface area (Å²) in [5, 5.41) is 8.80. The van der Waals surface area contributed by atoms with E-state index in [-0.39, 0.29) is 12.0 Å². The molecular weight excluding hydrogens is 380 g/mol. The van der Waals surface area contributed by atoms with Gasteiger partial charge in [0.25, 0.3) is 5.91 Å². The second-order valence-electron chi connectivity index (χ2n) is 6.59. The number of hydrogen-bond acceptors (Lipinski definition) is 6. The van der Waals surface area contributed by atoms with Crippen LogP contribution in [0, 0.1) is 6.92 Å². The van der Waals surface area contributed by atoms with Crippen LogP contribution in [0.25, 0.3) is 5.82 Å². The van der Waals surface area contributed by atoms with Crippen molar-refractivity contribution in [3.8, 4) is 11.7 Å². The maximum atomic E-state index is 13.2. The van der Waals surface area contributed by atoms with Gasteiger partial charge in [0.15, 0.2) is 5.82 Å². The molecule has 144 valence electrons. The lowest BCUT2D eigenvalue weighted by molar-refractivity contribution is 0.0527. The zero-order valence-electron chi connectivity index (χ0n) is 15.3. The third-order valence-corrected chi connectivity index (χ3v) is 4.73. The third-order valence-electron chi connectivity index (χ3n) is 4.51. The van der Waals surface area contributed by atoms with Crippen molar-refractivity contribution in [1.29, 1.82) is 0 Å². The lowest BCUT2D eigenvalue weighted by Gasteiger charge is -2.32. The Bertz CT molecular complexity index is 961. The summed E-state index contributed by atoms with van der Waals surface area (Å²) in [6, 6.07) is 7.05. The zero-order valence-corrected chi connectivity index (χ0v) is 16.1. The van der Waals surface area contributed by atoms with Gasteiger partial charge in [-0.1, -0.05) is 11.6 Å². The minimum atomic E-state index is -0.129. The summed E-state index contributed by atoms with van der Waals surface area (Å²) in [6.07, 6.45) is 6.23. The second kappa shape index (κ2) is 7.93. The number of piperidine rings is 1. The van der Waals surface area contributed by atoms with Crippen LogP contribution in [0.15, 0.2) is 42.9 Å². The van der Waals surface area contributed by atoms with Crippen molar-refractivity contribution in [2.75, 3.05) is 13.1 Å². The van der Waals surface area contributed by atoms with E-state index in [1.165, 1.54) is 4.80 Å². The molecule has 0 aliphatic carbocycles. The van der Waals surface area contributed by atoms with Crippen molar-refractivity contribution in [3.63, 3.8) is 0 Å².